The largest absolute Gasteiger partial charge is 0.306 e. The first-order chi connectivity index (χ1) is 5.64. The van der Waals surface area contributed by atoms with Gasteiger partial charge in [0.2, 0.25) is 0 Å². The van der Waals surface area contributed by atoms with E-state index in [4.69, 9.17) is 0 Å². The van der Waals surface area contributed by atoms with E-state index in [1.165, 1.54) is 32.4 Å². The van der Waals surface area contributed by atoms with E-state index in [0.717, 1.165) is 17.3 Å². The van der Waals surface area contributed by atoms with E-state index < -0.39 is 0 Å². The molecule has 12 heavy (non-hydrogen) atoms. The molecule has 0 N–H and O–H groups in total. The molecule has 2 rings (SSSR count). The summed E-state index contributed by atoms with van der Waals surface area (Å²) in [6.07, 6.45) is 4.44. The summed E-state index contributed by atoms with van der Waals surface area (Å²) in [4.78, 5) is 2.52. The lowest BCUT2D eigenvalue weighted by Crippen LogP contribution is -2.41. The van der Waals surface area contributed by atoms with Crippen molar-refractivity contribution in [3.63, 3.8) is 0 Å². The Labute approximate surface area is 76.1 Å². The Morgan fingerprint density at radius 1 is 1.33 bits per heavy atom. The second kappa shape index (κ2) is 2.73. The minimum absolute atomic E-state index is 0.765. The highest BCUT2D eigenvalue weighted by atomic mass is 15.1. The van der Waals surface area contributed by atoms with Crippen LogP contribution in [-0.4, -0.2) is 25.0 Å². The quantitative estimate of drug-likeness (QED) is 0.579. The van der Waals surface area contributed by atoms with Gasteiger partial charge in [0.1, 0.15) is 0 Å². The highest BCUT2D eigenvalue weighted by Gasteiger charge is 2.52. The summed E-state index contributed by atoms with van der Waals surface area (Å²) in [6, 6.07) is 0. The first kappa shape index (κ1) is 8.55. The molecular formula is C11H21N. The van der Waals surface area contributed by atoms with Gasteiger partial charge in [-0.15, -0.1) is 0 Å². The highest BCUT2D eigenvalue weighted by molar-refractivity contribution is 5.03. The average Bonchev–Trinajstić information content (AvgIpc) is 2.68. The maximum absolute atomic E-state index is 2.52. The van der Waals surface area contributed by atoms with Crippen LogP contribution in [0.15, 0.2) is 0 Å². The van der Waals surface area contributed by atoms with Gasteiger partial charge in [-0.2, -0.15) is 0 Å². The molecule has 0 aromatic heterocycles. The van der Waals surface area contributed by atoms with E-state index in [1.807, 2.05) is 0 Å². The lowest BCUT2D eigenvalue weighted by atomic mass is 9.76. The van der Waals surface area contributed by atoms with Gasteiger partial charge in [0.15, 0.2) is 0 Å². The molecule has 0 amide bonds. The second-order valence-corrected chi connectivity index (χ2v) is 5.24. The van der Waals surface area contributed by atoms with Gasteiger partial charge >= 0.3 is 0 Å². The van der Waals surface area contributed by atoms with Crippen LogP contribution < -0.4 is 0 Å². The summed E-state index contributed by atoms with van der Waals surface area (Å²) >= 11 is 0. The van der Waals surface area contributed by atoms with E-state index in [0.29, 0.717) is 0 Å². The fraction of sp³-hybridized carbons (Fsp3) is 1.00. The third-order valence-electron chi connectivity index (χ3n) is 3.89. The van der Waals surface area contributed by atoms with Crippen molar-refractivity contribution in [1.82, 2.24) is 4.90 Å². The van der Waals surface area contributed by atoms with E-state index in [9.17, 15) is 0 Å². The van der Waals surface area contributed by atoms with Crippen molar-refractivity contribution in [3.05, 3.63) is 0 Å². The standard InChI is InChI=1S/C11H21N/c1-9(2)10-4-7-12(3)8-11(10)5-6-11/h9-10H,4-8H2,1-3H3/t10-/m1/s1. The molecule has 1 atom stereocenters. The average molecular weight is 167 g/mol. The van der Waals surface area contributed by atoms with Crippen molar-refractivity contribution in [1.29, 1.82) is 0 Å². The molecule has 1 nitrogen and oxygen atoms in total. The highest BCUT2D eigenvalue weighted by Crippen LogP contribution is 2.57. The Balaban J connectivity index is 2.05. The zero-order chi connectivity index (χ0) is 8.77. The van der Waals surface area contributed by atoms with Crippen molar-refractivity contribution in [2.75, 3.05) is 20.1 Å². The van der Waals surface area contributed by atoms with Gasteiger partial charge in [-0.3, -0.25) is 0 Å². The molecule has 70 valence electrons. The number of nitrogens with zero attached hydrogens (tertiary/aromatic N) is 1. The molecule has 0 bridgehead atoms. The molecule has 1 aliphatic carbocycles. The van der Waals surface area contributed by atoms with E-state index in [2.05, 4.69) is 25.8 Å². The molecule has 1 saturated heterocycles. The Morgan fingerprint density at radius 3 is 2.50 bits per heavy atom. The van der Waals surface area contributed by atoms with Gasteiger partial charge in [-0.25, -0.2) is 0 Å². The molecule has 0 aromatic rings. The van der Waals surface area contributed by atoms with Crippen LogP contribution in [0.25, 0.3) is 0 Å². The first-order valence-corrected chi connectivity index (χ1v) is 5.33. The summed E-state index contributed by atoms with van der Waals surface area (Å²) in [6.45, 7) is 7.49. The van der Waals surface area contributed by atoms with Gasteiger partial charge < -0.3 is 4.90 Å². The molecule has 0 radical (unpaired) electrons. The molecule has 0 aromatic carbocycles. The van der Waals surface area contributed by atoms with Gasteiger partial charge in [-0.1, -0.05) is 13.8 Å². The van der Waals surface area contributed by atoms with Gasteiger partial charge in [-0.05, 0) is 50.1 Å². The van der Waals surface area contributed by atoms with Crippen LogP contribution in [0.4, 0.5) is 0 Å². The van der Waals surface area contributed by atoms with Crippen molar-refractivity contribution in [2.45, 2.75) is 33.1 Å². The van der Waals surface area contributed by atoms with E-state index in [-0.39, 0.29) is 0 Å². The molecule has 0 unspecified atom stereocenters. The van der Waals surface area contributed by atoms with Crippen molar-refractivity contribution < 1.29 is 0 Å². The molecule has 1 heteroatoms. The lowest BCUT2D eigenvalue weighted by molar-refractivity contribution is 0.0926. The summed E-state index contributed by atoms with van der Waals surface area (Å²) < 4.78 is 0. The molecule has 2 aliphatic rings. The Kier molecular flexibility index (Phi) is 1.95. The number of rotatable bonds is 1. The molecule has 1 heterocycles. The maximum atomic E-state index is 2.52. The zero-order valence-corrected chi connectivity index (χ0v) is 8.64. The summed E-state index contributed by atoms with van der Waals surface area (Å²) in [5, 5.41) is 0. The van der Waals surface area contributed by atoms with Crippen LogP contribution in [0.5, 0.6) is 0 Å². The van der Waals surface area contributed by atoms with E-state index >= 15 is 0 Å². The smallest absolute Gasteiger partial charge is 0.00377 e. The topological polar surface area (TPSA) is 3.24 Å². The van der Waals surface area contributed by atoms with Crippen LogP contribution >= 0.6 is 0 Å². The van der Waals surface area contributed by atoms with Crippen LogP contribution in [0.1, 0.15) is 33.1 Å². The summed E-state index contributed by atoms with van der Waals surface area (Å²) in [5.74, 6) is 1.93. The lowest BCUT2D eigenvalue weighted by Gasteiger charge is -2.39. The van der Waals surface area contributed by atoms with Crippen molar-refractivity contribution >= 4 is 0 Å². The minimum atomic E-state index is 0.765. The molecule has 1 aliphatic heterocycles. The number of hydrogen-bond donors (Lipinski definition) is 0. The summed E-state index contributed by atoms with van der Waals surface area (Å²) in [5.41, 5.74) is 0.765. The van der Waals surface area contributed by atoms with Crippen molar-refractivity contribution in [2.24, 2.45) is 17.3 Å². The van der Waals surface area contributed by atoms with Gasteiger partial charge in [0.25, 0.3) is 0 Å². The molecule has 1 saturated carbocycles. The Hall–Kier alpha value is -0.0400. The van der Waals surface area contributed by atoms with Crippen LogP contribution in [-0.2, 0) is 0 Å². The fourth-order valence-corrected chi connectivity index (χ4v) is 3.13. The first-order valence-electron chi connectivity index (χ1n) is 5.33. The van der Waals surface area contributed by atoms with Crippen LogP contribution in [0, 0.1) is 17.3 Å². The van der Waals surface area contributed by atoms with Crippen LogP contribution in [0.2, 0.25) is 0 Å². The number of piperidine rings is 1. The third-order valence-corrected chi connectivity index (χ3v) is 3.89. The Bertz CT molecular complexity index is 170. The van der Waals surface area contributed by atoms with Crippen molar-refractivity contribution in [3.8, 4) is 0 Å². The molecule has 1 spiro atoms. The second-order valence-electron chi connectivity index (χ2n) is 5.24. The van der Waals surface area contributed by atoms with Crippen LogP contribution in [0.3, 0.4) is 0 Å². The third kappa shape index (κ3) is 1.28. The monoisotopic (exact) mass is 167 g/mol. The predicted octanol–water partition coefficient (Wildman–Crippen LogP) is 2.37. The SMILES string of the molecule is CC(C)[C@H]1CCN(C)CC12CC2. The molecular weight excluding hydrogens is 146 g/mol. The van der Waals surface area contributed by atoms with E-state index in [1.54, 1.807) is 0 Å². The molecule has 2 fully saturated rings. The normalized spacial score (nSPS) is 34.5. The Morgan fingerprint density at radius 2 is 2.00 bits per heavy atom. The minimum Gasteiger partial charge on any atom is -0.306 e. The number of likely N-dealkylation sites (tertiary alicyclic amines) is 1. The maximum Gasteiger partial charge on any atom is 0.00377 e. The summed E-state index contributed by atoms with van der Waals surface area (Å²) in [7, 11) is 2.27. The zero-order valence-electron chi connectivity index (χ0n) is 8.64. The van der Waals surface area contributed by atoms with Gasteiger partial charge in [0.05, 0.1) is 0 Å². The fourth-order valence-electron chi connectivity index (χ4n) is 3.13. The number of hydrogen-bond acceptors (Lipinski definition) is 1. The van der Waals surface area contributed by atoms with Gasteiger partial charge in [0, 0.05) is 6.54 Å². The predicted molar refractivity (Wildman–Crippen MR) is 52.1 cm³/mol.